The zero-order valence-electron chi connectivity index (χ0n) is 12.7. The van der Waals surface area contributed by atoms with Gasteiger partial charge in [-0.25, -0.2) is 0 Å². The maximum atomic E-state index is 12.1. The molecular weight excluding hydrogens is 336 g/mol. The lowest BCUT2D eigenvalue weighted by Crippen LogP contribution is -2.44. The number of carbonyl (C=O) groups excluding carboxylic acids is 1. The number of piperazine rings is 1. The van der Waals surface area contributed by atoms with Crippen molar-refractivity contribution in [3.8, 4) is 0 Å². The average Bonchev–Trinajstić information content (AvgIpc) is 3.21. The number of carbonyl (C=O) groups is 1. The van der Waals surface area contributed by atoms with E-state index in [0.29, 0.717) is 16.6 Å². The zero-order chi connectivity index (χ0) is 16.1. The number of amides is 1. The maximum Gasteiger partial charge on any atom is 0.273 e. The molecule has 0 atom stereocenters. The minimum Gasteiger partial charge on any atom is -0.346 e. The summed E-state index contributed by atoms with van der Waals surface area (Å²) in [5.74, 6) is -0.219. The highest BCUT2D eigenvalue weighted by Gasteiger charge is 2.13. The lowest BCUT2D eigenvalue weighted by atomic mass is 10.3. The van der Waals surface area contributed by atoms with Crippen molar-refractivity contribution in [1.82, 2.24) is 30.5 Å². The third kappa shape index (κ3) is 4.74. The average molecular weight is 355 g/mol. The summed E-state index contributed by atoms with van der Waals surface area (Å²) in [6.07, 6.45) is 1.69. The van der Waals surface area contributed by atoms with E-state index in [4.69, 9.17) is 11.6 Å². The molecule has 0 unspecified atom stereocenters. The van der Waals surface area contributed by atoms with Crippen LogP contribution in [-0.4, -0.2) is 58.5 Å². The van der Waals surface area contributed by atoms with Crippen molar-refractivity contribution in [1.29, 1.82) is 0 Å². The van der Waals surface area contributed by atoms with Gasteiger partial charge in [-0.3, -0.25) is 14.4 Å². The van der Waals surface area contributed by atoms with E-state index >= 15 is 0 Å². The van der Waals surface area contributed by atoms with Crippen molar-refractivity contribution in [3.63, 3.8) is 0 Å². The molecule has 23 heavy (non-hydrogen) atoms. The van der Waals surface area contributed by atoms with E-state index in [1.165, 1.54) is 11.3 Å². The van der Waals surface area contributed by atoms with Gasteiger partial charge in [-0.15, -0.1) is 16.4 Å². The highest BCUT2D eigenvalue weighted by molar-refractivity contribution is 7.16. The molecule has 0 spiro atoms. The number of rotatable bonds is 6. The molecule has 2 aromatic rings. The lowest BCUT2D eigenvalue weighted by molar-refractivity contribution is 0.0946. The quantitative estimate of drug-likeness (QED) is 0.803. The second kappa shape index (κ2) is 7.87. The van der Waals surface area contributed by atoms with Crippen LogP contribution >= 0.6 is 22.9 Å². The molecular formula is C14H19ClN6OS. The predicted octanol–water partition coefficient (Wildman–Crippen LogP) is 0.828. The van der Waals surface area contributed by atoms with Gasteiger partial charge in [0.15, 0.2) is 5.69 Å². The molecule has 3 rings (SSSR count). The highest BCUT2D eigenvalue weighted by Crippen LogP contribution is 2.21. The van der Waals surface area contributed by atoms with Crippen LogP contribution in [0.15, 0.2) is 18.3 Å². The van der Waals surface area contributed by atoms with E-state index in [-0.39, 0.29) is 5.91 Å². The number of nitrogens with zero attached hydrogens (tertiary/aromatic N) is 4. The van der Waals surface area contributed by atoms with E-state index in [9.17, 15) is 4.79 Å². The van der Waals surface area contributed by atoms with Gasteiger partial charge in [0.1, 0.15) is 0 Å². The summed E-state index contributed by atoms with van der Waals surface area (Å²) in [5.41, 5.74) is 0.341. The fourth-order valence-electron chi connectivity index (χ4n) is 2.40. The van der Waals surface area contributed by atoms with Gasteiger partial charge in [0, 0.05) is 37.6 Å². The van der Waals surface area contributed by atoms with Crippen LogP contribution in [0.5, 0.6) is 0 Å². The molecule has 1 aliphatic rings. The number of hydrogen-bond acceptors (Lipinski definition) is 6. The van der Waals surface area contributed by atoms with Crippen molar-refractivity contribution in [2.24, 2.45) is 0 Å². The van der Waals surface area contributed by atoms with Crippen LogP contribution in [0.3, 0.4) is 0 Å². The van der Waals surface area contributed by atoms with Crippen LogP contribution in [0.25, 0.3) is 0 Å². The molecule has 0 radical (unpaired) electrons. The van der Waals surface area contributed by atoms with Gasteiger partial charge >= 0.3 is 0 Å². The van der Waals surface area contributed by atoms with Gasteiger partial charge in [-0.2, -0.15) is 0 Å². The summed E-state index contributed by atoms with van der Waals surface area (Å²) in [6.45, 7) is 6.25. The monoisotopic (exact) mass is 354 g/mol. The van der Waals surface area contributed by atoms with Crippen molar-refractivity contribution in [2.45, 2.75) is 13.1 Å². The molecule has 2 aromatic heterocycles. The lowest BCUT2D eigenvalue weighted by Gasteiger charge is -2.26. The third-order valence-corrected chi connectivity index (χ3v) is 4.91. The second-order valence-corrected chi connectivity index (χ2v) is 7.15. The van der Waals surface area contributed by atoms with Crippen LogP contribution in [0.1, 0.15) is 15.4 Å². The van der Waals surface area contributed by atoms with E-state index < -0.39 is 0 Å². The van der Waals surface area contributed by atoms with Crippen molar-refractivity contribution in [3.05, 3.63) is 33.2 Å². The minimum absolute atomic E-state index is 0.219. The molecule has 1 amide bonds. The Labute approximate surface area is 143 Å². The first-order valence-electron chi connectivity index (χ1n) is 7.56. The first kappa shape index (κ1) is 16.4. The van der Waals surface area contributed by atoms with Crippen LogP contribution in [0, 0.1) is 0 Å². The number of nitrogens with one attached hydrogen (secondary N) is 2. The van der Waals surface area contributed by atoms with Crippen LogP contribution < -0.4 is 10.6 Å². The van der Waals surface area contributed by atoms with Crippen molar-refractivity contribution >= 4 is 28.8 Å². The molecule has 0 bridgehead atoms. The summed E-state index contributed by atoms with van der Waals surface area (Å²) in [5, 5.41) is 14.1. The predicted molar refractivity (Wildman–Crippen MR) is 89.8 cm³/mol. The first-order valence-corrected chi connectivity index (χ1v) is 8.76. The van der Waals surface area contributed by atoms with E-state index in [1.807, 2.05) is 12.1 Å². The van der Waals surface area contributed by atoms with Gasteiger partial charge in [0.2, 0.25) is 0 Å². The maximum absolute atomic E-state index is 12.1. The van der Waals surface area contributed by atoms with E-state index in [1.54, 1.807) is 10.9 Å². The Morgan fingerprint density at radius 2 is 2.17 bits per heavy atom. The normalized spacial score (nSPS) is 15.7. The Morgan fingerprint density at radius 1 is 1.35 bits per heavy atom. The molecule has 2 N–H and O–H groups in total. The smallest absolute Gasteiger partial charge is 0.273 e. The van der Waals surface area contributed by atoms with Crippen molar-refractivity contribution in [2.75, 3.05) is 32.7 Å². The second-order valence-electron chi connectivity index (χ2n) is 5.35. The Balaban J connectivity index is 1.46. The number of hydrogen-bond donors (Lipinski definition) is 2. The fourth-order valence-corrected chi connectivity index (χ4v) is 3.42. The first-order chi connectivity index (χ1) is 11.2. The zero-order valence-corrected chi connectivity index (χ0v) is 14.2. The molecule has 1 fully saturated rings. The summed E-state index contributed by atoms with van der Waals surface area (Å²) in [6, 6.07) is 3.72. The molecule has 9 heteroatoms. The summed E-state index contributed by atoms with van der Waals surface area (Å²) < 4.78 is 2.44. The van der Waals surface area contributed by atoms with Crippen LogP contribution in [0.2, 0.25) is 4.34 Å². The number of thiophene rings is 1. The summed E-state index contributed by atoms with van der Waals surface area (Å²) >= 11 is 7.32. The molecule has 0 aliphatic carbocycles. The van der Waals surface area contributed by atoms with E-state index in [2.05, 4.69) is 25.8 Å². The Bertz CT molecular complexity index is 651. The van der Waals surface area contributed by atoms with Crippen LogP contribution in [0.4, 0.5) is 0 Å². The Morgan fingerprint density at radius 3 is 2.91 bits per heavy atom. The van der Waals surface area contributed by atoms with Gasteiger partial charge in [-0.05, 0) is 12.1 Å². The van der Waals surface area contributed by atoms with E-state index in [0.717, 1.165) is 44.1 Å². The van der Waals surface area contributed by atoms with Gasteiger partial charge < -0.3 is 10.6 Å². The topological polar surface area (TPSA) is 75.1 Å². The molecule has 0 saturated carbocycles. The van der Waals surface area contributed by atoms with Crippen LogP contribution in [-0.2, 0) is 13.1 Å². The standard InChI is InChI=1S/C14H19ClN6OS/c15-13-2-1-11(23-13)9-17-14(22)12-10-21(19-18-12)8-7-20-5-3-16-4-6-20/h1-2,10,16H,3-9H2,(H,17,22). The third-order valence-electron chi connectivity index (χ3n) is 3.68. The SMILES string of the molecule is O=C(NCc1ccc(Cl)s1)c1cn(CCN2CCNCC2)nn1. The Kier molecular flexibility index (Phi) is 5.60. The highest BCUT2D eigenvalue weighted by atomic mass is 35.5. The number of halogens is 1. The minimum atomic E-state index is -0.219. The van der Waals surface area contributed by atoms with Gasteiger partial charge in [0.05, 0.1) is 23.6 Å². The summed E-state index contributed by atoms with van der Waals surface area (Å²) in [7, 11) is 0. The van der Waals surface area contributed by atoms with Gasteiger partial charge in [0.25, 0.3) is 5.91 Å². The molecule has 7 nitrogen and oxygen atoms in total. The summed E-state index contributed by atoms with van der Waals surface area (Å²) in [4.78, 5) is 15.5. The number of aromatic nitrogens is 3. The fraction of sp³-hybridized carbons (Fsp3) is 0.500. The van der Waals surface area contributed by atoms with Gasteiger partial charge in [-0.1, -0.05) is 16.8 Å². The largest absolute Gasteiger partial charge is 0.346 e. The Hall–Kier alpha value is -1.48. The molecule has 0 aromatic carbocycles. The molecule has 3 heterocycles. The molecule has 1 aliphatic heterocycles. The van der Waals surface area contributed by atoms with Crippen molar-refractivity contribution < 1.29 is 4.79 Å². The molecule has 124 valence electrons. The molecule has 1 saturated heterocycles.